The van der Waals surface area contributed by atoms with Crippen LogP contribution in [-0.2, 0) is 11.2 Å². The Morgan fingerprint density at radius 3 is 2.88 bits per heavy atom. The minimum atomic E-state index is -0.464. The number of hydrogen-bond donors (Lipinski definition) is 2. The van der Waals surface area contributed by atoms with Crippen LogP contribution in [0.3, 0.4) is 0 Å². The third kappa shape index (κ3) is 6.29. The predicted molar refractivity (Wildman–Crippen MR) is 102 cm³/mol. The van der Waals surface area contributed by atoms with Crippen LogP contribution < -0.4 is 11.1 Å². The maximum Gasteiger partial charge on any atom is 0.410 e. The average molecular weight is 346 g/mol. The first kappa shape index (κ1) is 19.1. The first-order valence-corrected chi connectivity index (χ1v) is 8.90. The number of anilines is 1. The minimum absolute atomic E-state index is 0.249. The van der Waals surface area contributed by atoms with Gasteiger partial charge in [0.2, 0.25) is 0 Å². The molecule has 1 saturated heterocycles. The third-order valence-electron chi connectivity index (χ3n) is 4.07. The van der Waals surface area contributed by atoms with Gasteiger partial charge in [-0.15, -0.1) is 0 Å². The highest BCUT2D eigenvalue weighted by molar-refractivity contribution is 5.92. The van der Waals surface area contributed by atoms with Crippen LogP contribution >= 0.6 is 0 Å². The van der Waals surface area contributed by atoms with E-state index in [-0.39, 0.29) is 6.09 Å². The van der Waals surface area contributed by atoms with Crippen LogP contribution in [0.2, 0.25) is 0 Å². The van der Waals surface area contributed by atoms with Gasteiger partial charge in [0.25, 0.3) is 0 Å². The van der Waals surface area contributed by atoms with Crippen LogP contribution in [0.5, 0.6) is 0 Å². The molecule has 25 heavy (non-hydrogen) atoms. The van der Waals surface area contributed by atoms with Crippen molar-refractivity contribution in [3.8, 4) is 0 Å². The van der Waals surface area contributed by atoms with E-state index in [0.717, 1.165) is 18.5 Å². The van der Waals surface area contributed by atoms with Gasteiger partial charge >= 0.3 is 6.09 Å². The molecule has 0 spiro atoms. The van der Waals surface area contributed by atoms with Gasteiger partial charge in [0.15, 0.2) is 5.96 Å². The number of likely N-dealkylation sites (tertiary alicyclic amines) is 1. The number of benzene rings is 1. The summed E-state index contributed by atoms with van der Waals surface area (Å²) >= 11 is 0. The van der Waals surface area contributed by atoms with Crippen LogP contribution in [0.1, 0.15) is 39.7 Å². The Kier molecular flexibility index (Phi) is 6.28. The number of nitrogens with two attached hydrogens (primary N) is 1. The Morgan fingerprint density at radius 1 is 1.44 bits per heavy atom. The van der Waals surface area contributed by atoms with Crippen molar-refractivity contribution in [1.29, 1.82) is 0 Å². The Morgan fingerprint density at radius 2 is 2.20 bits per heavy atom. The fraction of sp³-hybridized carbons (Fsp3) is 0.579. The lowest BCUT2D eigenvalue weighted by Gasteiger charge is -2.24. The maximum absolute atomic E-state index is 12.1. The van der Waals surface area contributed by atoms with E-state index in [0.29, 0.717) is 31.5 Å². The predicted octanol–water partition coefficient (Wildman–Crippen LogP) is 3.23. The second-order valence-electron chi connectivity index (χ2n) is 7.49. The molecular weight excluding hydrogens is 316 g/mol. The minimum Gasteiger partial charge on any atom is -0.444 e. The van der Waals surface area contributed by atoms with Gasteiger partial charge in [0.05, 0.1) is 0 Å². The van der Waals surface area contributed by atoms with Gasteiger partial charge in [-0.3, -0.25) is 4.99 Å². The van der Waals surface area contributed by atoms with Gasteiger partial charge in [-0.05, 0) is 57.2 Å². The summed E-state index contributed by atoms with van der Waals surface area (Å²) in [4.78, 5) is 18.3. The highest BCUT2D eigenvalue weighted by atomic mass is 16.6. The van der Waals surface area contributed by atoms with E-state index < -0.39 is 5.60 Å². The number of guanidine groups is 1. The van der Waals surface area contributed by atoms with E-state index in [4.69, 9.17) is 10.5 Å². The summed E-state index contributed by atoms with van der Waals surface area (Å²) in [5.74, 6) is 0.721. The molecule has 1 aromatic carbocycles. The Bertz CT molecular complexity index is 622. The Labute approximate surface area is 150 Å². The summed E-state index contributed by atoms with van der Waals surface area (Å²) < 4.78 is 5.41. The number of hydrogen-bond acceptors (Lipinski definition) is 3. The topological polar surface area (TPSA) is 80.0 Å². The summed E-state index contributed by atoms with van der Waals surface area (Å²) in [6, 6.07) is 8.13. The number of amides is 1. The van der Waals surface area contributed by atoms with E-state index in [2.05, 4.69) is 29.4 Å². The SMILES string of the molecule is CCc1cccc(NC(N)=NCC2CCN(C(=O)OC(C)(C)C)C2)c1. The standard InChI is InChI=1S/C19H30N4O2/c1-5-14-7-6-8-16(11-14)22-17(20)21-12-15-9-10-23(13-15)18(24)25-19(2,3)4/h6-8,11,15H,5,9-10,12-13H2,1-4H3,(H3,20,21,22). The lowest BCUT2D eigenvalue weighted by molar-refractivity contribution is 0.0289. The number of nitrogens with zero attached hydrogens (tertiary/aromatic N) is 2. The highest BCUT2D eigenvalue weighted by Gasteiger charge is 2.29. The van der Waals surface area contributed by atoms with Gasteiger partial charge in [-0.25, -0.2) is 4.79 Å². The molecule has 0 aromatic heterocycles. The van der Waals surface area contributed by atoms with Crippen LogP contribution in [0.4, 0.5) is 10.5 Å². The number of carbonyl (C=O) groups excluding carboxylic acids is 1. The molecule has 1 aliphatic heterocycles. The van der Waals surface area contributed by atoms with Gasteiger partial charge in [0, 0.05) is 25.3 Å². The fourth-order valence-corrected chi connectivity index (χ4v) is 2.76. The molecule has 3 N–H and O–H groups in total. The largest absolute Gasteiger partial charge is 0.444 e. The lowest BCUT2D eigenvalue weighted by Crippen LogP contribution is -2.35. The number of rotatable bonds is 4. The highest BCUT2D eigenvalue weighted by Crippen LogP contribution is 2.20. The molecular formula is C19H30N4O2. The van der Waals surface area contributed by atoms with Gasteiger partial charge in [-0.2, -0.15) is 0 Å². The molecule has 1 atom stereocenters. The number of aryl methyl sites for hydroxylation is 1. The van der Waals surface area contributed by atoms with Crippen molar-refractivity contribution in [2.24, 2.45) is 16.6 Å². The third-order valence-corrected chi connectivity index (χ3v) is 4.07. The molecule has 1 heterocycles. The molecule has 0 aliphatic carbocycles. The first-order valence-electron chi connectivity index (χ1n) is 8.90. The van der Waals surface area contributed by atoms with Crippen molar-refractivity contribution in [3.05, 3.63) is 29.8 Å². The normalized spacial score (nSPS) is 18.3. The number of aliphatic imine (C=N–C) groups is 1. The molecule has 2 rings (SSSR count). The van der Waals surface area contributed by atoms with Crippen LogP contribution in [0.25, 0.3) is 0 Å². The van der Waals surface area contributed by atoms with Crippen molar-refractivity contribution in [3.63, 3.8) is 0 Å². The second-order valence-corrected chi connectivity index (χ2v) is 7.49. The molecule has 1 aliphatic rings. The van der Waals surface area contributed by atoms with E-state index in [1.54, 1.807) is 4.90 Å². The molecule has 0 bridgehead atoms. The van der Waals surface area contributed by atoms with E-state index in [1.165, 1.54) is 5.56 Å². The molecule has 1 aromatic rings. The van der Waals surface area contributed by atoms with Crippen molar-refractivity contribution in [2.45, 2.75) is 46.1 Å². The number of nitrogens with one attached hydrogen (secondary N) is 1. The Balaban J connectivity index is 1.82. The summed E-state index contributed by atoms with van der Waals surface area (Å²) in [6.07, 6.45) is 1.65. The molecule has 1 unspecified atom stereocenters. The summed E-state index contributed by atoms with van der Waals surface area (Å²) in [6.45, 7) is 9.73. The quantitative estimate of drug-likeness (QED) is 0.648. The van der Waals surface area contributed by atoms with Gasteiger partial charge < -0.3 is 20.7 Å². The van der Waals surface area contributed by atoms with Gasteiger partial charge in [-0.1, -0.05) is 19.1 Å². The molecule has 138 valence electrons. The zero-order chi connectivity index (χ0) is 18.4. The van der Waals surface area contributed by atoms with Crippen molar-refractivity contribution < 1.29 is 9.53 Å². The second kappa shape index (κ2) is 8.23. The number of ether oxygens (including phenoxy) is 1. The molecule has 1 fully saturated rings. The van der Waals surface area contributed by atoms with E-state index >= 15 is 0 Å². The molecule has 0 radical (unpaired) electrons. The van der Waals surface area contributed by atoms with Crippen LogP contribution in [0, 0.1) is 5.92 Å². The molecule has 0 saturated carbocycles. The summed E-state index contributed by atoms with van der Waals surface area (Å²) in [5.41, 5.74) is 7.72. The van der Waals surface area contributed by atoms with Crippen LogP contribution in [-0.4, -0.2) is 42.2 Å². The van der Waals surface area contributed by atoms with E-state index in [9.17, 15) is 4.79 Å². The van der Waals surface area contributed by atoms with Crippen molar-refractivity contribution in [2.75, 3.05) is 25.0 Å². The molecule has 6 nitrogen and oxygen atoms in total. The summed E-state index contributed by atoms with van der Waals surface area (Å²) in [7, 11) is 0. The Hall–Kier alpha value is -2.24. The monoisotopic (exact) mass is 346 g/mol. The lowest BCUT2D eigenvalue weighted by atomic mass is 10.1. The zero-order valence-corrected chi connectivity index (χ0v) is 15.7. The van der Waals surface area contributed by atoms with Crippen molar-refractivity contribution in [1.82, 2.24) is 4.90 Å². The average Bonchev–Trinajstić information content (AvgIpc) is 3.01. The first-order chi connectivity index (χ1) is 11.8. The maximum atomic E-state index is 12.1. The van der Waals surface area contributed by atoms with Crippen LogP contribution in [0.15, 0.2) is 29.3 Å². The van der Waals surface area contributed by atoms with Crippen molar-refractivity contribution >= 4 is 17.7 Å². The number of carbonyl (C=O) groups is 1. The summed E-state index contributed by atoms with van der Waals surface area (Å²) in [5, 5.41) is 3.13. The molecule has 1 amide bonds. The smallest absolute Gasteiger partial charge is 0.410 e. The van der Waals surface area contributed by atoms with E-state index in [1.807, 2.05) is 32.9 Å². The molecule has 6 heteroatoms. The van der Waals surface area contributed by atoms with Gasteiger partial charge in [0.1, 0.15) is 5.60 Å². The fourth-order valence-electron chi connectivity index (χ4n) is 2.76. The zero-order valence-electron chi connectivity index (χ0n) is 15.7.